The molecule has 2 bridgehead atoms. The SMILES string of the molecule is Cl.O=C(Nc1ccccc1C(O)c1ccccc1)OC1CN2CCC1CC2. The van der Waals surface area contributed by atoms with Crippen LogP contribution in [0, 0.1) is 5.92 Å². The molecule has 2 aromatic carbocycles. The normalized spacial score (nSPS) is 24.6. The van der Waals surface area contributed by atoms with E-state index in [1.54, 1.807) is 6.07 Å². The van der Waals surface area contributed by atoms with E-state index in [9.17, 15) is 9.90 Å². The number of piperidine rings is 3. The number of amides is 1. The van der Waals surface area contributed by atoms with Gasteiger partial charge in [0.15, 0.2) is 0 Å². The molecule has 5 nitrogen and oxygen atoms in total. The van der Waals surface area contributed by atoms with Crippen molar-refractivity contribution in [1.29, 1.82) is 0 Å². The summed E-state index contributed by atoms with van der Waals surface area (Å²) >= 11 is 0. The molecule has 0 radical (unpaired) electrons. The molecule has 2 unspecified atom stereocenters. The number of para-hydroxylation sites is 1. The molecule has 3 fully saturated rings. The molecule has 0 spiro atoms. The molecule has 3 heterocycles. The third kappa shape index (κ3) is 4.43. The third-order valence-corrected chi connectivity index (χ3v) is 5.46. The average molecular weight is 389 g/mol. The molecule has 3 aliphatic heterocycles. The first-order valence-electron chi connectivity index (χ1n) is 9.22. The van der Waals surface area contributed by atoms with E-state index in [2.05, 4.69) is 10.2 Å². The topological polar surface area (TPSA) is 61.8 Å². The second-order valence-corrected chi connectivity index (χ2v) is 7.11. The lowest BCUT2D eigenvalue weighted by molar-refractivity contribution is -0.0289. The summed E-state index contributed by atoms with van der Waals surface area (Å²) in [5, 5.41) is 13.5. The Bertz CT molecular complexity index is 763. The van der Waals surface area contributed by atoms with Gasteiger partial charge in [-0.3, -0.25) is 10.2 Å². The van der Waals surface area contributed by atoms with Gasteiger partial charge in [-0.15, -0.1) is 12.4 Å². The quantitative estimate of drug-likeness (QED) is 0.835. The van der Waals surface area contributed by atoms with Crippen molar-refractivity contribution in [2.24, 2.45) is 5.92 Å². The van der Waals surface area contributed by atoms with Gasteiger partial charge in [0.2, 0.25) is 0 Å². The number of carbonyl (C=O) groups is 1. The van der Waals surface area contributed by atoms with Crippen molar-refractivity contribution in [1.82, 2.24) is 4.90 Å². The number of rotatable bonds is 4. The number of hydrogen-bond acceptors (Lipinski definition) is 4. The van der Waals surface area contributed by atoms with Crippen molar-refractivity contribution in [3.05, 3.63) is 65.7 Å². The van der Waals surface area contributed by atoms with Crippen LogP contribution in [0.15, 0.2) is 54.6 Å². The van der Waals surface area contributed by atoms with Crippen molar-refractivity contribution in [3.8, 4) is 0 Å². The highest BCUT2D eigenvalue weighted by Crippen LogP contribution is 2.31. The molecule has 2 atom stereocenters. The minimum atomic E-state index is -0.801. The number of anilines is 1. The van der Waals surface area contributed by atoms with Crippen LogP contribution in [0.3, 0.4) is 0 Å². The second kappa shape index (κ2) is 8.74. The Hall–Kier alpha value is -2.08. The zero-order valence-corrected chi connectivity index (χ0v) is 15.9. The van der Waals surface area contributed by atoms with Crippen LogP contribution in [0.1, 0.15) is 30.1 Å². The van der Waals surface area contributed by atoms with Gasteiger partial charge in [-0.05, 0) is 43.5 Å². The lowest BCUT2D eigenvalue weighted by Gasteiger charge is -2.43. The van der Waals surface area contributed by atoms with Crippen LogP contribution in [-0.2, 0) is 4.74 Å². The summed E-state index contributed by atoms with van der Waals surface area (Å²) in [5.41, 5.74) is 2.02. The molecule has 0 saturated carbocycles. The molecule has 3 aliphatic rings. The Kier molecular flexibility index (Phi) is 6.37. The standard InChI is InChI=1S/C21H24N2O3.ClH/c24-20(16-6-2-1-3-7-16)17-8-4-5-9-18(17)22-21(25)26-19-14-23-12-10-15(19)11-13-23;/h1-9,15,19-20,24H,10-14H2,(H,22,25);1H. The van der Waals surface area contributed by atoms with Crippen LogP contribution < -0.4 is 5.32 Å². The van der Waals surface area contributed by atoms with Crippen molar-refractivity contribution in [3.63, 3.8) is 0 Å². The summed E-state index contributed by atoms with van der Waals surface area (Å²) in [4.78, 5) is 14.8. The zero-order chi connectivity index (χ0) is 17.9. The van der Waals surface area contributed by atoms with Gasteiger partial charge >= 0.3 is 6.09 Å². The fourth-order valence-corrected chi connectivity index (χ4v) is 3.99. The highest BCUT2D eigenvalue weighted by molar-refractivity contribution is 5.86. The molecule has 2 aromatic rings. The molecule has 5 rings (SSSR count). The number of benzene rings is 2. The third-order valence-electron chi connectivity index (χ3n) is 5.46. The van der Waals surface area contributed by atoms with E-state index in [1.807, 2.05) is 48.5 Å². The molecule has 1 amide bonds. The minimum absolute atomic E-state index is 0. The van der Waals surface area contributed by atoms with Crippen LogP contribution >= 0.6 is 12.4 Å². The number of aliphatic hydroxyl groups is 1. The maximum absolute atomic E-state index is 12.4. The van der Waals surface area contributed by atoms with Gasteiger partial charge in [-0.2, -0.15) is 0 Å². The number of aliphatic hydroxyl groups excluding tert-OH is 1. The number of ether oxygens (including phenoxy) is 1. The molecule has 3 saturated heterocycles. The Morgan fingerprint density at radius 1 is 1.07 bits per heavy atom. The summed E-state index contributed by atoms with van der Waals surface area (Å²) in [6, 6.07) is 16.7. The number of hydrogen-bond donors (Lipinski definition) is 2. The maximum Gasteiger partial charge on any atom is 0.411 e. The van der Waals surface area contributed by atoms with E-state index < -0.39 is 12.2 Å². The molecule has 6 heteroatoms. The monoisotopic (exact) mass is 388 g/mol. The second-order valence-electron chi connectivity index (χ2n) is 7.11. The fourth-order valence-electron chi connectivity index (χ4n) is 3.99. The molecule has 0 aromatic heterocycles. The fraction of sp³-hybridized carbons (Fsp3) is 0.381. The summed E-state index contributed by atoms with van der Waals surface area (Å²) in [6.45, 7) is 3.04. The first-order valence-corrected chi connectivity index (χ1v) is 9.22. The van der Waals surface area contributed by atoms with E-state index in [1.165, 1.54) is 0 Å². The molecule has 0 aliphatic carbocycles. The Balaban J connectivity index is 0.00000210. The predicted molar refractivity (Wildman–Crippen MR) is 107 cm³/mol. The number of carbonyl (C=O) groups excluding carboxylic acids is 1. The van der Waals surface area contributed by atoms with Crippen molar-refractivity contribution < 1.29 is 14.6 Å². The lowest BCUT2D eigenvalue weighted by atomic mass is 9.86. The largest absolute Gasteiger partial charge is 0.444 e. The summed E-state index contributed by atoms with van der Waals surface area (Å²) in [5.74, 6) is 0.468. The van der Waals surface area contributed by atoms with Gasteiger partial charge in [-0.1, -0.05) is 48.5 Å². The van der Waals surface area contributed by atoms with Crippen LogP contribution in [-0.4, -0.2) is 41.8 Å². The Morgan fingerprint density at radius 3 is 2.41 bits per heavy atom. The summed E-state index contributed by atoms with van der Waals surface area (Å²) < 4.78 is 5.70. The van der Waals surface area contributed by atoms with Gasteiger partial charge in [0, 0.05) is 12.1 Å². The molecule has 2 N–H and O–H groups in total. The lowest BCUT2D eigenvalue weighted by Crippen LogP contribution is -2.52. The van der Waals surface area contributed by atoms with Crippen molar-refractivity contribution in [2.45, 2.75) is 25.0 Å². The first kappa shape index (κ1) is 19.7. The van der Waals surface area contributed by atoms with E-state index in [4.69, 9.17) is 4.74 Å². The Labute approximate surface area is 165 Å². The summed E-state index contributed by atoms with van der Waals surface area (Å²) in [6.07, 6.45) is 0.910. The van der Waals surface area contributed by atoms with Gasteiger partial charge in [0.05, 0.1) is 5.69 Å². The number of nitrogens with zero attached hydrogens (tertiary/aromatic N) is 1. The Morgan fingerprint density at radius 2 is 1.74 bits per heavy atom. The maximum atomic E-state index is 12.4. The highest BCUT2D eigenvalue weighted by atomic mass is 35.5. The molecular weight excluding hydrogens is 364 g/mol. The number of fused-ring (bicyclic) bond motifs is 3. The van der Waals surface area contributed by atoms with Crippen LogP contribution in [0.5, 0.6) is 0 Å². The van der Waals surface area contributed by atoms with Crippen LogP contribution in [0.2, 0.25) is 0 Å². The molecule has 27 heavy (non-hydrogen) atoms. The highest BCUT2D eigenvalue weighted by Gasteiger charge is 2.36. The van der Waals surface area contributed by atoms with Gasteiger partial charge in [0.1, 0.15) is 12.2 Å². The number of nitrogens with one attached hydrogen (secondary N) is 1. The van der Waals surface area contributed by atoms with Gasteiger partial charge < -0.3 is 9.84 Å². The van der Waals surface area contributed by atoms with E-state index in [0.29, 0.717) is 17.2 Å². The van der Waals surface area contributed by atoms with Gasteiger partial charge in [0.25, 0.3) is 0 Å². The van der Waals surface area contributed by atoms with Crippen molar-refractivity contribution in [2.75, 3.05) is 25.0 Å². The summed E-state index contributed by atoms with van der Waals surface area (Å²) in [7, 11) is 0. The van der Waals surface area contributed by atoms with Gasteiger partial charge in [-0.25, -0.2) is 4.79 Å². The van der Waals surface area contributed by atoms with Crippen LogP contribution in [0.4, 0.5) is 10.5 Å². The average Bonchev–Trinajstić information content (AvgIpc) is 2.69. The molecular formula is C21H25ClN2O3. The van der Waals surface area contributed by atoms with E-state index in [0.717, 1.165) is 38.0 Å². The van der Waals surface area contributed by atoms with E-state index >= 15 is 0 Å². The minimum Gasteiger partial charge on any atom is -0.444 e. The smallest absolute Gasteiger partial charge is 0.411 e. The van der Waals surface area contributed by atoms with E-state index in [-0.39, 0.29) is 18.5 Å². The van der Waals surface area contributed by atoms with Crippen LogP contribution in [0.25, 0.3) is 0 Å². The molecule has 144 valence electrons. The van der Waals surface area contributed by atoms with Crippen molar-refractivity contribution >= 4 is 24.2 Å². The number of halogens is 1. The zero-order valence-electron chi connectivity index (χ0n) is 15.1. The predicted octanol–water partition coefficient (Wildman–Crippen LogP) is 3.83. The first-order chi connectivity index (χ1) is 12.7.